The average molecular weight is 284 g/mol. The summed E-state index contributed by atoms with van der Waals surface area (Å²) in [5.74, 6) is 0.945. The summed E-state index contributed by atoms with van der Waals surface area (Å²) in [6, 6.07) is 7.16. The molecule has 0 aliphatic heterocycles. The zero-order valence-corrected chi connectivity index (χ0v) is 13.2. The molecule has 0 fully saturated rings. The minimum atomic E-state index is 0.586. The van der Waals surface area contributed by atoms with Gasteiger partial charge in [0.1, 0.15) is 0 Å². The van der Waals surface area contributed by atoms with Gasteiger partial charge in [-0.3, -0.25) is 0 Å². The monoisotopic (exact) mass is 284 g/mol. The van der Waals surface area contributed by atoms with Gasteiger partial charge in [-0.1, -0.05) is 30.3 Å². The third-order valence-corrected chi connectivity index (χ3v) is 4.57. The number of aromatic nitrogens is 1. The molecule has 0 amide bonds. The molecular weight excluding hydrogens is 260 g/mol. The zero-order valence-electron chi connectivity index (χ0n) is 13.2. The Labute approximate surface area is 126 Å². The maximum atomic E-state index is 5.59. The summed E-state index contributed by atoms with van der Waals surface area (Å²) in [5, 5.41) is 7.78. The van der Waals surface area contributed by atoms with Crippen molar-refractivity contribution in [3.63, 3.8) is 0 Å². The highest BCUT2D eigenvalue weighted by Gasteiger charge is 2.23. The number of fused-ring (bicyclic) bond motifs is 1. The number of nitrogens with one attached hydrogen (secondary N) is 1. The van der Waals surface area contributed by atoms with E-state index in [2.05, 4.69) is 42.5 Å². The Hall–Kier alpha value is -1.61. The number of hydrogen-bond acceptors (Lipinski definition) is 3. The van der Waals surface area contributed by atoms with Crippen molar-refractivity contribution in [2.45, 2.75) is 52.5 Å². The summed E-state index contributed by atoms with van der Waals surface area (Å²) >= 11 is 0. The summed E-state index contributed by atoms with van der Waals surface area (Å²) in [4.78, 5) is 0. The maximum absolute atomic E-state index is 5.59. The van der Waals surface area contributed by atoms with Crippen LogP contribution >= 0.6 is 0 Å². The first-order valence-electron chi connectivity index (χ1n) is 7.98. The summed E-state index contributed by atoms with van der Waals surface area (Å²) in [6.07, 6.45) is 4.65. The van der Waals surface area contributed by atoms with Gasteiger partial charge in [-0.25, -0.2) is 0 Å². The quantitative estimate of drug-likeness (QED) is 0.927. The van der Waals surface area contributed by atoms with E-state index in [1.54, 1.807) is 0 Å². The highest BCUT2D eigenvalue weighted by atomic mass is 16.5. The van der Waals surface area contributed by atoms with Crippen molar-refractivity contribution < 1.29 is 4.52 Å². The Morgan fingerprint density at radius 1 is 1.33 bits per heavy atom. The number of nitrogens with zero attached hydrogens (tertiary/aromatic N) is 1. The van der Waals surface area contributed by atoms with Gasteiger partial charge in [-0.15, -0.1) is 0 Å². The van der Waals surface area contributed by atoms with Crippen LogP contribution in [0.2, 0.25) is 0 Å². The Morgan fingerprint density at radius 2 is 2.19 bits per heavy atom. The van der Waals surface area contributed by atoms with Crippen LogP contribution in [0.5, 0.6) is 0 Å². The van der Waals surface area contributed by atoms with Crippen LogP contribution in [0.15, 0.2) is 22.7 Å². The van der Waals surface area contributed by atoms with Crippen molar-refractivity contribution in [2.24, 2.45) is 0 Å². The molecule has 3 heteroatoms. The molecule has 0 spiro atoms. The molecule has 0 saturated heterocycles. The first kappa shape index (κ1) is 14.3. The summed E-state index contributed by atoms with van der Waals surface area (Å²) in [7, 11) is 0. The average Bonchev–Trinajstić information content (AvgIpc) is 2.84. The molecule has 0 saturated carbocycles. The molecule has 1 aliphatic carbocycles. The molecule has 2 aromatic rings. The number of rotatable bonds is 4. The predicted octanol–water partition coefficient (Wildman–Crippen LogP) is 3.82. The van der Waals surface area contributed by atoms with E-state index in [4.69, 9.17) is 4.52 Å². The lowest BCUT2D eigenvalue weighted by molar-refractivity contribution is 0.424. The normalized spacial score (nSPS) is 17.8. The van der Waals surface area contributed by atoms with E-state index >= 15 is 0 Å². The van der Waals surface area contributed by atoms with Gasteiger partial charge < -0.3 is 9.84 Å². The molecule has 1 aliphatic rings. The van der Waals surface area contributed by atoms with Gasteiger partial charge in [0, 0.05) is 17.2 Å². The van der Waals surface area contributed by atoms with Gasteiger partial charge in [0.2, 0.25) is 0 Å². The van der Waals surface area contributed by atoms with E-state index in [0.29, 0.717) is 6.04 Å². The van der Waals surface area contributed by atoms with Crippen LogP contribution in [0.25, 0.3) is 11.3 Å². The summed E-state index contributed by atoms with van der Waals surface area (Å²) in [5.41, 5.74) is 6.28. The van der Waals surface area contributed by atoms with Gasteiger partial charge in [0.25, 0.3) is 0 Å². The van der Waals surface area contributed by atoms with Crippen molar-refractivity contribution >= 4 is 0 Å². The number of benzene rings is 1. The number of hydrogen-bond donors (Lipinski definition) is 1. The molecule has 0 bridgehead atoms. The largest absolute Gasteiger partial charge is 0.356 e. The molecule has 3 rings (SSSR count). The van der Waals surface area contributed by atoms with E-state index in [1.807, 2.05) is 6.92 Å². The third-order valence-electron chi connectivity index (χ3n) is 4.57. The van der Waals surface area contributed by atoms with Gasteiger partial charge in [-0.2, -0.15) is 0 Å². The lowest BCUT2D eigenvalue weighted by Gasteiger charge is -2.27. The second-order valence-electron chi connectivity index (χ2n) is 6.06. The van der Waals surface area contributed by atoms with Gasteiger partial charge in [-0.05, 0) is 57.2 Å². The van der Waals surface area contributed by atoms with Crippen LogP contribution in [0, 0.1) is 13.8 Å². The lowest BCUT2D eigenvalue weighted by Crippen LogP contribution is -2.35. The van der Waals surface area contributed by atoms with Crippen molar-refractivity contribution in [2.75, 3.05) is 6.54 Å². The van der Waals surface area contributed by atoms with Gasteiger partial charge >= 0.3 is 0 Å². The topological polar surface area (TPSA) is 38.1 Å². The van der Waals surface area contributed by atoms with E-state index in [1.165, 1.54) is 29.5 Å². The highest BCUT2D eigenvalue weighted by Crippen LogP contribution is 2.34. The minimum absolute atomic E-state index is 0.586. The van der Waals surface area contributed by atoms with Crippen molar-refractivity contribution in [3.8, 4) is 11.3 Å². The lowest BCUT2D eigenvalue weighted by atomic mass is 9.84. The molecule has 1 unspecified atom stereocenters. The number of aryl methyl sites for hydroxylation is 2. The van der Waals surface area contributed by atoms with Crippen molar-refractivity contribution in [1.82, 2.24) is 10.5 Å². The fourth-order valence-corrected chi connectivity index (χ4v) is 3.19. The van der Waals surface area contributed by atoms with E-state index < -0.39 is 0 Å². The van der Waals surface area contributed by atoms with Crippen LogP contribution in [-0.2, 0) is 12.8 Å². The molecule has 21 heavy (non-hydrogen) atoms. The van der Waals surface area contributed by atoms with Crippen LogP contribution < -0.4 is 5.32 Å². The second kappa shape index (κ2) is 6.02. The molecule has 0 radical (unpaired) electrons. The van der Waals surface area contributed by atoms with E-state index in [0.717, 1.165) is 36.4 Å². The van der Waals surface area contributed by atoms with Crippen molar-refractivity contribution in [1.29, 1.82) is 0 Å². The predicted molar refractivity (Wildman–Crippen MR) is 85.5 cm³/mol. The molecule has 1 N–H and O–H groups in total. The SMILES string of the molecule is CCCNC1CCc2cccc(-c3onc(C)c3C)c2C1. The fraction of sp³-hybridized carbons (Fsp3) is 0.500. The summed E-state index contributed by atoms with van der Waals surface area (Å²) < 4.78 is 5.59. The summed E-state index contributed by atoms with van der Waals surface area (Å²) in [6.45, 7) is 7.41. The Bertz CT molecular complexity index is 630. The van der Waals surface area contributed by atoms with Crippen LogP contribution in [0.4, 0.5) is 0 Å². The van der Waals surface area contributed by atoms with Gasteiger partial charge in [0.05, 0.1) is 5.69 Å². The Morgan fingerprint density at radius 3 is 2.90 bits per heavy atom. The smallest absolute Gasteiger partial charge is 0.170 e. The first-order chi connectivity index (χ1) is 10.2. The van der Waals surface area contributed by atoms with Crippen LogP contribution in [-0.4, -0.2) is 17.7 Å². The molecule has 112 valence electrons. The standard InChI is InChI=1S/C18H24N2O/c1-4-10-19-15-9-8-14-6-5-7-16(17(14)11-15)18-12(2)13(3)20-21-18/h5-7,15,19H,4,8-11H2,1-3H3. The Kier molecular flexibility index (Phi) is 4.11. The van der Waals surface area contributed by atoms with Crippen LogP contribution in [0.3, 0.4) is 0 Å². The molecule has 1 heterocycles. The van der Waals surface area contributed by atoms with E-state index in [-0.39, 0.29) is 0 Å². The second-order valence-corrected chi connectivity index (χ2v) is 6.06. The maximum Gasteiger partial charge on any atom is 0.170 e. The molecule has 3 nitrogen and oxygen atoms in total. The van der Waals surface area contributed by atoms with E-state index in [9.17, 15) is 0 Å². The molecule has 1 atom stereocenters. The minimum Gasteiger partial charge on any atom is -0.356 e. The third kappa shape index (κ3) is 2.75. The molecule has 1 aromatic carbocycles. The van der Waals surface area contributed by atoms with Crippen molar-refractivity contribution in [3.05, 3.63) is 40.6 Å². The first-order valence-corrected chi connectivity index (χ1v) is 7.98. The molecule has 1 aromatic heterocycles. The fourth-order valence-electron chi connectivity index (χ4n) is 3.19. The van der Waals surface area contributed by atoms with Gasteiger partial charge in [0.15, 0.2) is 5.76 Å². The zero-order chi connectivity index (χ0) is 14.8. The Balaban J connectivity index is 1.95. The van der Waals surface area contributed by atoms with Crippen LogP contribution in [0.1, 0.15) is 42.1 Å². The highest BCUT2D eigenvalue weighted by molar-refractivity contribution is 5.67. The molecular formula is C18H24N2O.